The number of hydrogen-bond acceptors (Lipinski definition) is 6. The molecule has 0 amide bonds. The molecule has 0 spiro atoms. The summed E-state index contributed by atoms with van der Waals surface area (Å²) in [7, 11) is 1.13. The van der Waals surface area contributed by atoms with Crippen LogP contribution >= 0.6 is 0 Å². The molecular formula is C13H13NO6. The third-order valence-corrected chi connectivity index (χ3v) is 3.56. The van der Waals surface area contributed by atoms with Crippen LogP contribution in [0, 0.1) is 15.5 Å². The van der Waals surface area contributed by atoms with Crippen LogP contribution in [0.2, 0.25) is 0 Å². The molecule has 0 fully saturated rings. The molecule has 0 saturated heterocycles. The smallest absolute Gasteiger partial charge is 0.329 e. The molecule has 1 aliphatic heterocycles. The minimum absolute atomic E-state index is 0.241. The maximum Gasteiger partial charge on any atom is 0.329 e. The highest BCUT2D eigenvalue weighted by molar-refractivity contribution is 6.02. The van der Waals surface area contributed by atoms with E-state index in [0.29, 0.717) is 5.56 Å². The molecular weight excluding hydrogens is 266 g/mol. The number of para-hydroxylation sites is 1. The first-order valence-corrected chi connectivity index (χ1v) is 5.92. The number of carbonyl (C=O) groups is 2. The molecule has 0 N–H and O–H groups in total. The van der Waals surface area contributed by atoms with Crippen LogP contribution < -0.4 is 4.74 Å². The first-order chi connectivity index (χ1) is 9.41. The second-order valence-electron chi connectivity index (χ2n) is 4.69. The van der Waals surface area contributed by atoms with Crippen molar-refractivity contribution in [2.45, 2.75) is 12.8 Å². The summed E-state index contributed by atoms with van der Waals surface area (Å²) in [4.78, 5) is 34.4. The second-order valence-corrected chi connectivity index (χ2v) is 4.69. The van der Waals surface area contributed by atoms with Gasteiger partial charge in [-0.05, 0) is 13.0 Å². The molecule has 1 heterocycles. The molecule has 2 rings (SSSR count). The Kier molecular flexibility index (Phi) is 3.44. The van der Waals surface area contributed by atoms with Crippen LogP contribution in [0.4, 0.5) is 0 Å². The number of esters is 2. The van der Waals surface area contributed by atoms with Gasteiger partial charge in [0.1, 0.15) is 5.75 Å². The second kappa shape index (κ2) is 4.92. The first kappa shape index (κ1) is 14.0. The van der Waals surface area contributed by atoms with Crippen molar-refractivity contribution in [2.75, 3.05) is 13.7 Å². The molecule has 1 aromatic carbocycles. The number of rotatable bonds is 3. The Morgan fingerprint density at radius 3 is 2.75 bits per heavy atom. The van der Waals surface area contributed by atoms with Gasteiger partial charge < -0.3 is 9.47 Å². The van der Waals surface area contributed by atoms with Gasteiger partial charge in [0.05, 0.1) is 13.0 Å². The largest absolute Gasteiger partial charge is 0.468 e. The van der Waals surface area contributed by atoms with Crippen molar-refractivity contribution in [3.05, 3.63) is 39.9 Å². The van der Waals surface area contributed by atoms with Gasteiger partial charge in [0.25, 0.3) is 0 Å². The lowest BCUT2D eigenvalue weighted by Gasteiger charge is -2.35. The van der Waals surface area contributed by atoms with E-state index in [1.807, 2.05) is 0 Å². The summed E-state index contributed by atoms with van der Waals surface area (Å²) in [5.74, 6) is -2.37. The standard InChI is InChI=1S/C13H13NO6/c1-13(11(15)19-2)9(7-14(17)18)8-5-3-4-6-10(8)20-12(13)16/h3-6,9H,7H2,1-2H3/t9-,13+/m1/s1. The Labute approximate surface area is 114 Å². The Morgan fingerprint density at radius 2 is 2.15 bits per heavy atom. The molecule has 2 atom stereocenters. The van der Waals surface area contributed by atoms with Crippen LogP contribution in [0.25, 0.3) is 0 Å². The van der Waals surface area contributed by atoms with Crippen LogP contribution in [-0.4, -0.2) is 30.5 Å². The average molecular weight is 279 g/mol. The predicted molar refractivity (Wildman–Crippen MR) is 66.8 cm³/mol. The maximum atomic E-state index is 12.1. The molecule has 7 heteroatoms. The Balaban J connectivity index is 2.59. The highest BCUT2D eigenvalue weighted by atomic mass is 16.6. The van der Waals surface area contributed by atoms with Gasteiger partial charge >= 0.3 is 11.9 Å². The zero-order chi connectivity index (χ0) is 14.9. The summed E-state index contributed by atoms with van der Waals surface area (Å²) in [6.07, 6.45) is 0. The highest BCUT2D eigenvalue weighted by Crippen LogP contribution is 2.46. The molecule has 106 valence electrons. The number of fused-ring (bicyclic) bond motifs is 1. The molecule has 1 aliphatic rings. The van der Waals surface area contributed by atoms with Crippen LogP contribution in [-0.2, 0) is 14.3 Å². The van der Waals surface area contributed by atoms with Crippen molar-refractivity contribution in [1.82, 2.24) is 0 Å². The average Bonchev–Trinajstić information content (AvgIpc) is 2.42. The normalized spacial score (nSPS) is 24.5. The lowest BCUT2D eigenvalue weighted by molar-refractivity contribution is -0.485. The summed E-state index contributed by atoms with van der Waals surface area (Å²) < 4.78 is 9.75. The van der Waals surface area contributed by atoms with Gasteiger partial charge in [-0.25, -0.2) is 0 Å². The van der Waals surface area contributed by atoms with E-state index < -0.39 is 34.7 Å². The zero-order valence-corrected chi connectivity index (χ0v) is 11.0. The van der Waals surface area contributed by atoms with Crippen LogP contribution in [0.15, 0.2) is 24.3 Å². The third-order valence-electron chi connectivity index (χ3n) is 3.56. The predicted octanol–water partition coefficient (Wildman–Crippen LogP) is 1.15. The van der Waals surface area contributed by atoms with E-state index >= 15 is 0 Å². The fourth-order valence-corrected chi connectivity index (χ4v) is 2.39. The summed E-state index contributed by atoms with van der Waals surface area (Å²) in [5.41, 5.74) is -1.27. The SMILES string of the molecule is COC(=O)[C@@]1(C)C(=O)Oc2ccccc2[C@H]1C[N+](=O)[O-]. The number of ether oxygens (including phenoxy) is 2. The number of benzene rings is 1. The van der Waals surface area contributed by atoms with Gasteiger partial charge in [0.2, 0.25) is 6.54 Å². The zero-order valence-electron chi connectivity index (χ0n) is 11.0. The van der Waals surface area contributed by atoms with Gasteiger partial charge in [0, 0.05) is 10.5 Å². The third kappa shape index (κ3) is 2.01. The summed E-state index contributed by atoms with van der Waals surface area (Å²) in [5, 5.41) is 10.9. The van der Waals surface area contributed by atoms with E-state index in [4.69, 9.17) is 4.74 Å². The van der Waals surface area contributed by atoms with Crippen molar-refractivity contribution in [3.8, 4) is 5.75 Å². The molecule has 0 aromatic heterocycles. The minimum atomic E-state index is -1.73. The first-order valence-electron chi connectivity index (χ1n) is 5.92. The van der Waals surface area contributed by atoms with E-state index in [2.05, 4.69) is 4.74 Å². The minimum Gasteiger partial charge on any atom is -0.468 e. The monoisotopic (exact) mass is 279 g/mol. The Bertz CT molecular complexity index is 584. The number of hydrogen-bond donors (Lipinski definition) is 0. The topological polar surface area (TPSA) is 95.7 Å². The van der Waals surface area contributed by atoms with E-state index in [1.165, 1.54) is 13.0 Å². The molecule has 1 aromatic rings. The fraction of sp³-hybridized carbons (Fsp3) is 0.385. The molecule has 0 saturated carbocycles. The lowest BCUT2D eigenvalue weighted by atomic mass is 9.71. The van der Waals surface area contributed by atoms with E-state index in [1.54, 1.807) is 18.2 Å². The van der Waals surface area contributed by atoms with Gasteiger partial charge in [-0.2, -0.15) is 0 Å². The summed E-state index contributed by atoms with van der Waals surface area (Å²) in [6.45, 7) is 0.753. The molecule has 20 heavy (non-hydrogen) atoms. The number of methoxy groups -OCH3 is 1. The van der Waals surface area contributed by atoms with Crippen molar-refractivity contribution in [2.24, 2.45) is 5.41 Å². The summed E-state index contributed by atoms with van der Waals surface area (Å²) in [6, 6.07) is 6.47. The van der Waals surface area contributed by atoms with Crippen molar-refractivity contribution < 1.29 is 24.0 Å². The lowest BCUT2D eigenvalue weighted by Crippen LogP contribution is -2.49. The molecule has 0 radical (unpaired) electrons. The molecule has 0 unspecified atom stereocenters. The number of carbonyl (C=O) groups excluding carboxylic acids is 2. The molecule has 0 bridgehead atoms. The van der Waals surface area contributed by atoms with Gasteiger partial charge in [-0.15, -0.1) is 0 Å². The summed E-state index contributed by atoms with van der Waals surface area (Å²) >= 11 is 0. The Morgan fingerprint density at radius 1 is 1.50 bits per heavy atom. The fourth-order valence-electron chi connectivity index (χ4n) is 2.39. The highest BCUT2D eigenvalue weighted by Gasteiger charge is 2.57. The number of nitrogens with zero attached hydrogens (tertiary/aromatic N) is 1. The van der Waals surface area contributed by atoms with Gasteiger partial charge in [0.15, 0.2) is 5.41 Å². The maximum absolute atomic E-state index is 12.1. The van der Waals surface area contributed by atoms with Crippen LogP contribution in [0.5, 0.6) is 5.75 Å². The van der Waals surface area contributed by atoms with Crippen LogP contribution in [0.1, 0.15) is 18.4 Å². The Hall–Kier alpha value is -2.44. The van der Waals surface area contributed by atoms with Crippen molar-refractivity contribution >= 4 is 11.9 Å². The quantitative estimate of drug-likeness (QED) is 0.271. The van der Waals surface area contributed by atoms with Crippen molar-refractivity contribution in [1.29, 1.82) is 0 Å². The van der Waals surface area contributed by atoms with E-state index in [-0.39, 0.29) is 5.75 Å². The van der Waals surface area contributed by atoms with E-state index in [0.717, 1.165) is 7.11 Å². The molecule has 0 aliphatic carbocycles. The van der Waals surface area contributed by atoms with Crippen molar-refractivity contribution in [3.63, 3.8) is 0 Å². The van der Waals surface area contributed by atoms with Crippen LogP contribution in [0.3, 0.4) is 0 Å². The molecule has 7 nitrogen and oxygen atoms in total. The number of nitro groups is 1. The van der Waals surface area contributed by atoms with Gasteiger partial charge in [-0.1, -0.05) is 18.2 Å². The van der Waals surface area contributed by atoms with Gasteiger partial charge in [-0.3, -0.25) is 19.7 Å². The van der Waals surface area contributed by atoms with E-state index in [9.17, 15) is 19.7 Å².